The van der Waals surface area contributed by atoms with Gasteiger partial charge in [0.2, 0.25) is 0 Å². The third-order valence-corrected chi connectivity index (χ3v) is 5.00. The van der Waals surface area contributed by atoms with Crippen LogP contribution in [0.5, 0.6) is 5.75 Å². The molecule has 0 fully saturated rings. The molecule has 1 unspecified atom stereocenters. The molecular weight excluding hydrogens is 287 g/mol. The Bertz CT molecular complexity index is 620. The molecule has 0 aliphatic heterocycles. The Morgan fingerprint density at radius 3 is 2.95 bits per heavy atom. The summed E-state index contributed by atoms with van der Waals surface area (Å²) in [6, 6.07) is 5.07. The van der Waals surface area contributed by atoms with Crippen LogP contribution < -0.4 is 10.1 Å². The number of nitrogens with zero attached hydrogens (tertiary/aromatic N) is 1. The van der Waals surface area contributed by atoms with Crippen LogP contribution in [0.1, 0.15) is 40.5 Å². The Kier molecular flexibility index (Phi) is 4.22. The highest BCUT2D eigenvalue weighted by molar-refractivity contribution is 7.11. The molecule has 0 bridgehead atoms. The van der Waals surface area contributed by atoms with E-state index in [1.807, 2.05) is 13.0 Å². The van der Waals surface area contributed by atoms with Crippen molar-refractivity contribution in [3.05, 3.63) is 45.2 Å². The number of methoxy groups -OCH3 is 1. The van der Waals surface area contributed by atoms with E-state index in [0.717, 1.165) is 30.0 Å². The number of benzene rings is 1. The van der Waals surface area contributed by atoms with Crippen molar-refractivity contribution in [1.29, 1.82) is 0 Å². The maximum atomic E-state index is 14.0. The monoisotopic (exact) mass is 306 g/mol. The van der Waals surface area contributed by atoms with E-state index in [2.05, 4.69) is 5.32 Å². The smallest absolute Gasteiger partial charge is 0.165 e. The van der Waals surface area contributed by atoms with Gasteiger partial charge < -0.3 is 10.1 Å². The lowest BCUT2D eigenvalue weighted by Crippen LogP contribution is -2.22. The van der Waals surface area contributed by atoms with Crippen LogP contribution in [0.3, 0.4) is 0 Å². The number of halogens is 1. The number of aryl methyl sites for hydroxylation is 2. The Morgan fingerprint density at radius 2 is 2.29 bits per heavy atom. The molecule has 2 aromatic rings. The number of thiazole rings is 1. The average molecular weight is 306 g/mol. The molecule has 1 heterocycles. The maximum absolute atomic E-state index is 14.0. The highest BCUT2D eigenvalue weighted by Gasteiger charge is 2.23. The normalized spacial score (nSPS) is 15.0. The number of rotatable bonds is 5. The highest BCUT2D eigenvalue weighted by Crippen LogP contribution is 2.34. The summed E-state index contributed by atoms with van der Waals surface area (Å²) in [5, 5.41) is 4.44. The van der Waals surface area contributed by atoms with Crippen LogP contribution in [0, 0.1) is 5.82 Å². The van der Waals surface area contributed by atoms with Crippen LogP contribution in [0.4, 0.5) is 4.39 Å². The van der Waals surface area contributed by atoms with Crippen molar-refractivity contribution in [2.75, 3.05) is 13.7 Å². The third-order valence-electron chi connectivity index (χ3n) is 3.78. The standard InChI is InChI=1S/C16H19FN2OS/c1-3-18-15(10-7-8-13(20-2)11(17)9-10)16-19-12-5-4-6-14(12)21-16/h7-9,15,18H,3-6H2,1-2H3. The van der Waals surface area contributed by atoms with Gasteiger partial charge in [0, 0.05) is 4.88 Å². The topological polar surface area (TPSA) is 34.1 Å². The van der Waals surface area contributed by atoms with Gasteiger partial charge in [-0.3, -0.25) is 0 Å². The van der Waals surface area contributed by atoms with Gasteiger partial charge in [0.15, 0.2) is 11.6 Å². The maximum Gasteiger partial charge on any atom is 0.165 e. The minimum absolute atomic E-state index is 0.0500. The van der Waals surface area contributed by atoms with E-state index in [0.29, 0.717) is 0 Å². The second-order valence-electron chi connectivity index (χ2n) is 5.16. The predicted octanol–water partition coefficient (Wildman–Crippen LogP) is 3.48. The predicted molar refractivity (Wildman–Crippen MR) is 82.6 cm³/mol. The average Bonchev–Trinajstić information content (AvgIpc) is 3.05. The lowest BCUT2D eigenvalue weighted by Gasteiger charge is -2.16. The first kappa shape index (κ1) is 14.5. The molecule has 1 aliphatic carbocycles. The SMILES string of the molecule is CCNC(c1ccc(OC)c(F)c1)c1nc2c(s1)CCC2. The minimum Gasteiger partial charge on any atom is -0.494 e. The van der Waals surface area contributed by atoms with Gasteiger partial charge >= 0.3 is 0 Å². The Balaban J connectivity index is 1.95. The number of nitrogens with one attached hydrogen (secondary N) is 1. The zero-order valence-electron chi connectivity index (χ0n) is 12.3. The highest BCUT2D eigenvalue weighted by atomic mass is 32.1. The molecule has 21 heavy (non-hydrogen) atoms. The van der Waals surface area contributed by atoms with Crippen LogP contribution in [-0.2, 0) is 12.8 Å². The lowest BCUT2D eigenvalue weighted by molar-refractivity contribution is 0.385. The molecular formula is C16H19FN2OS. The van der Waals surface area contributed by atoms with E-state index in [9.17, 15) is 4.39 Å². The number of aromatic nitrogens is 1. The fourth-order valence-electron chi connectivity index (χ4n) is 2.75. The Hall–Kier alpha value is -1.46. The molecule has 1 aliphatic rings. The fourth-order valence-corrected chi connectivity index (χ4v) is 4.01. The van der Waals surface area contributed by atoms with E-state index in [1.165, 1.54) is 24.1 Å². The molecule has 3 nitrogen and oxygen atoms in total. The summed E-state index contributed by atoms with van der Waals surface area (Å²) in [5.41, 5.74) is 2.12. The summed E-state index contributed by atoms with van der Waals surface area (Å²) < 4.78 is 18.9. The second-order valence-corrected chi connectivity index (χ2v) is 6.28. The molecule has 1 aromatic heterocycles. The molecule has 1 atom stereocenters. The summed E-state index contributed by atoms with van der Waals surface area (Å²) in [6.45, 7) is 2.86. The van der Waals surface area contributed by atoms with Crippen molar-refractivity contribution >= 4 is 11.3 Å². The van der Waals surface area contributed by atoms with E-state index in [1.54, 1.807) is 23.5 Å². The molecule has 1 N–H and O–H groups in total. The van der Waals surface area contributed by atoms with Crippen LogP contribution in [0.25, 0.3) is 0 Å². The van der Waals surface area contributed by atoms with E-state index in [-0.39, 0.29) is 17.6 Å². The van der Waals surface area contributed by atoms with Crippen molar-refractivity contribution in [1.82, 2.24) is 10.3 Å². The van der Waals surface area contributed by atoms with Gasteiger partial charge in [-0.05, 0) is 43.5 Å². The molecule has 0 amide bonds. The fraction of sp³-hybridized carbons (Fsp3) is 0.438. The number of fused-ring (bicyclic) bond motifs is 1. The molecule has 5 heteroatoms. The zero-order valence-corrected chi connectivity index (χ0v) is 13.1. The summed E-state index contributed by atoms with van der Waals surface area (Å²) in [7, 11) is 1.48. The van der Waals surface area contributed by atoms with E-state index in [4.69, 9.17) is 9.72 Å². The Labute approximate surface area is 128 Å². The minimum atomic E-state index is -0.331. The van der Waals surface area contributed by atoms with Crippen molar-refractivity contribution in [3.8, 4) is 5.75 Å². The first-order valence-corrected chi connectivity index (χ1v) is 8.10. The van der Waals surface area contributed by atoms with Crippen LogP contribution >= 0.6 is 11.3 Å². The van der Waals surface area contributed by atoms with Gasteiger partial charge in [-0.25, -0.2) is 9.37 Å². The van der Waals surface area contributed by atoms with Crippen molar-refractivity contribution in [2.24, 2.45) is 0 Å². The summed E-state index contributed by atoms with van der Waals surface area (Å²) in [6.07, 6.45) is 3.40. The zero-order chi connectivity index (χ0) is 14.8. The molecule has 112 valence electrons. The van der Waals surface area contributed by atoms with Crippen molar-refractivity contribution in [3.63, 3.8) is 0 Å². The number of hydrogen-bond donors (Lipinski definition) is 1. The van der Waals surface area contributed by atoms with Gasteiger partial charge in [-0.1, -0.05) is 13.0 Å². The van der Waals surface area contributed by atoms with Gasteiger partial charge in [0.05, 0.1) is 18.8 Å². The van der Waals surface area contributed by atoms with Crippen molar-refractivity contribution in [2.45, 2.75) is 32.2 Å². The molecule has 0 radical (unpaired) electrons. The summed E-state index contributed by atoms with van der Waals surface area (Å²) in [5.74, 6) is -0.0577. The molecule has 0 saturated heterocycles. The van der Waals surface area contributed by atoms with Crippen LogP contribution in [0.15, 0.2) is 18.2 Å². The van der Waals surface area contributed by atoms with Gasteiger partial charge in [0.1, 0.15) is 5.01 Å². The van der Waals surface area contributed by atoms with E-state index < -0.39 is 0 Å². The first-order chi connectivity index (χ1) is 10.2. The quantitative estimate of drug-likeness (QED) is 0.918. The van der Waals surface area contributed by atoms with E-state index >= 15 is 0 Å². The first-order valence-electron chi connectivity index (χ1n) is 7.28. The molecule has 3 rings (SSSR count). The number of hydrogen-bond acceptors (Lipinski definition) is 4. The van der Waals surface area contributed by atoms with Crippen molar-refractivity contribution < 1.29 is 9.13 Å². The lowest BCUT2D eigenvalue weighted by atomic mass is 10.1. The van der Waals surface area contributed by atoms with Crippen LogP contribution in [0.2, 0.25) is 0 Å². The molecule has 1 aromatic carbocycles. The van der Waals surface area contributed by atoms with Gasteiger partial charge in [0.25, 0.3) is 0 Å². The molecule has 0 spiro atoms. The summed E-state index contributed by atoms with van der Waals surface area (Å²) in [4.78, 5) is 6.15. The third kappa shape index (κ3) is 2.80. The largest absolute Gasteiger partial charge is 0.494 e. The molecule has 0 saturated carbocycles. The van der Waals surface area contributed by atoms with Gasteiger partial charge in [-0.2, -0.15) is 0 Å². The summed E-state index contributed by atoms with van der Waals surface area (Å²) >= 11 is 1.75. The van der Waals surface area contributed by atoms with Gasteiger partial charge in [-0.15, -0.1) is 11.3 Å². The Morgan fingerprint density at radius 1 is 1.43 bits per heavy atom. The second kappa shape index (κ2) is 6.12. The number of ether oxygens (including phenoxy) is 1. The van der Waals surface area contributed by atoms with Crippen LogP contribution in [-0.4, -0.2) is 18.6 Å².